The van der Waals surface area contributed by atoms with Crippen LogP contribution in [0.1, 0.15) is 22.0 Å². The van der Waals surface area contributed by atoms with Crippen LogP contribution in [-0.4, -0.2) is 25.5 Å². The molecule has 0 spiro atoms. The van der Waals surface area contributed by atoms with Crippen LogP contribution in [0.4, 0.5) is 0 Å². The molecule has 8 heteroatoms. The number of hydrazone groups is 1. The van der Waals surface area contributed by atoms with Crippen molar-refractivity contribution >= 4 is 22.0 Å². The lowest BCUT2D eigenvalue weighted by atomic mass is 10.4. The van der Waals surface area contributed by atoms with Crippen LogP contribution < -0.4 is 5.43 Å². The van der Waals surface area contributed by atoms with Crippen LogP contribution in [0.25, 0.3) is 0 Å². The number of benzene rings is 1. The molecule has 132 valence electrons. The summed E-state index contributed by atoms with van der Waals surface area (Å²) in [5, 5.41) is 3.78. The molecular formula is C18H15N3O4S. The minimum Gasteiger partial charge on any atom is -0.455 e. The highest BCUT2D eigenvalue weighted by Gasteiger charge is 2.19. The van der Waals surface area contributed by atoms with Crippen molar-refractivity contribution in [3.05, 3.63) is 84.1 Å². The first kappa shape index (κ1) is 17.6. The fraction of sp³-hybridized carbons (Fsp3) is 0.0556. The summed E-state index contributed by atoms with van der Waals surface area (Å²) in [6.45, 7) is 0. The Kier molecular flexibility index (Phi) is 5.23. The summed E-state index contributed by atoms with van der Waals surface area (Å²) in [6.07, 6.45) is 3.00. The first-order valence-electron chi connectivity index (χ1n) is 7.65. The molecule has 3 rings (SSSR count). The predicted molar refractivity (Wildman–Crippen MR) is 95.3 cm³/mol. The highest BCUT2D eigenvalue weighted by Crippen LogP contribution is 2.18. The fourth-order valence-corrected chi connectivity index (χ4v) is 3.41. The summed E-state index contributed by atoms with van der Waals surface area (Å²) in [5.74, 6) is -0.767. The Bertz CT molecular complexity index is 1010. The Hall–Kier alpha value is -3.26. The van der Waals surface area contributed by atoms with Crippen LogP contribution in [0, 0.1) is 0 Å². The lowest BCUT2D eigenvalue weighted by molar-refractivity contribution is 0.0926. The van der Waals surface area contributed by atoms with Gasteiger partial charge in [-0.2, -0.15) is 5.10 Å². The number of furan rings is 1. The smallest absolute Gasteiger partial charge is 0.307 e. The fourth-order valence-electron chi connectivity index (χ4n) is 2.14. The Morgan fingerprint density at radius 1 is 1.08 bits per heavy atom. The second kappa shape index (κ2) is 7.75. The topological polar surface area (TPSA) is 102 Å². The monoisotopic (exact) mass is 369 g/mol. The molecule has 2 heterocycles. The molecule has 0 atom stereocenters. The van der Waals surface area contributed by atoms with Crippen LogP contribution in [0.2, 0.25) is 0 Å². The van der Waals surface area contributed by atoms with Crippen molar-refractivity contribution in [3.63, 3.8) is 0 Å². The predicted octanol–water partition coefficient (Wildman–Crippen LogP) is 2.41. The van der Waals surface area contributed by atoms with Gasteiger partial charge in [-0.25, -0.2) is 13.8 Å². The molecular weight excluding hydrogens is 354 g/mol. The van der Waals surface area contributed by atoms with Crippen molar-refractivity contribution in [3.8, 4) is 0 Å². The largest absolute Gasteiger partial charge is 0.455 e. The van der Waals surface area contributed by atoms with E-state index in [0.29, 0.717) is 5.69 Å². The Morgan fingerprint density at radius 2 is 1.85 bits per heavy atom. The van der Waals surface area contributed by atoms with Gasteiger partial charge in [0.05, 0.1) is 16.8 Å². The molecule has 0 aliphatic rings. The molecule has 0 aliphatic heterocycles. The van der Waals surface area contributed by atoms with E-state index in [0.717, 1.165) is 0 Å². The summed E-state index contributed by atoms with van der Waals surface area (Å²) >= 11 is 0. The van der Waals surface area contributed by atoms with Crippen LogP contribution in [0.15, 0.2) is 81.3 Å². The second-order valence-electron chi connectivity index (χ2n) is 5.29. The van der Waals surface area contributed by atoms with Gasteiger partial charge >= 0.3 is 5.91 Å². The lowest BCUT2D eigenvalue weighted by Gasteiger charge is -2.02. The first-order valence-corrected chi connectivity index (χ1v) is 9.31. The Labute approximate surface area is 150 Å². The zero-order valence-electron chi connectivity index (χ0n) is 13.6. The van der Waals surface area contributed by atoms with Gasteiger partial charge in [0, 0.05) is 6.20 Å². The van der Waals surface area contributed by atoms with Crippen molar-refractivity contribution in [2.75, 3.05) is 0 Å². The summed E-state index contributed by atoms with van der Waals surface area (Å²) in [5.41, 5.74) is 2.89. The zero-order valence-corrected chi connectivity index (χ0v) is 14.4. The number of sulfone groups is 1. The normalized spacial score (nSPS) is 11.5. The van der Waals surface area contributed by atoms with E-state index >= 15 is 0 Å². The van der Waals surface area contributed by atoms with Gasteiger partial charge in [-0.3, -0.25) is 9.78 Å². The maximum atomic E-state index is 12.3. The molecule has 1 N–H and O–H groups in total. The zero-order chi connectivity index (χ0) is 18.4. The SMILES string of the molecule is O=C(N/N=C\c1ccccn1)c1ccc(CS(=O)(=O)c2ccccc2)o1. The number of hydrogen-bond acceptors (Lipinski definition) is 6. The van der Waals surface area contributed by atoms with Crippen LogP contribution in [0.5, 0.6) is 0 Å². The van der Waals surface area contributed by atoms with Crippen molar-refractivity contribution in [1.29, 1.82) is 0 Å². The van der Waals surface area contributed by atoms with Gasteiger partial charge in [-0.05, 0) is 36.4 Å². The van der Waals surface area contributed by atoms with Gasteiger partial charge in [0.1, 0.15) is 11.5 Å². The van der Waals surface area contributed by atoms with Gasteiger partial charge in [0.15, 0.2) is 15.6 Å². The molecule has 26 heavy (non-hydrogen) atoms. The second-order valence-corrected chi connectivity index (χ2v) is 7.28. The van der Waals surface area contributed by atoms with Crippen molar-refractivity contribution in [2.45, 2.75) is 10.6 Å². The number of pyridine rings is 1. The summed E-state index contributed by atoms with van der Waals surface area (Å²) in [4.78, 5) is 16.2. The average molecular weight is 369 g/mol. The minimum atomic E-state index is -3.54. The van der Waals surface area contributed by atoms with E-state index in [9.17, 15) is 13.2 Å². The van der Waals surface area contributed by atoms with Crippen molar-refractivity contribution in [2.24, 2.45) is 5.10 Å². The molecule has 0 unspecified atom stereocenters. The molecule has 0 bridgehead atoms. The van der Waals surface area contributed by atoms with E-state index in [4.69, 9.17) is 4.42 Å². The number of hydrogen-bond donors (Lipinski definition) is 1. The molecule has 0 fully saturated rings. The number of aromatic nitrogens is 1. The lowest BCUT2D eigenvalue weighted by Crippen LogP contribution is -2.17. The van der Waals surface area contributed by atoms with Gasteiger partial charge < -0.3 is 4.42 Å². The summed E-state index contributed by atoms with van der Waals surface area (Å²) < 4.78 is 30.0. The van der Waals surface area contributed by atoms with Crippen LogP contribution in [0.3, 0.4) is 0 Å². The van der Waals surface area contributed by atoms with Gasteiger partial charge in [0.2, 0.25) is 0 Å². The average Bonchev–Trinajstić information content (AvgIpc) is 3.11. The summed E-state index contributed by atoms with van der Waals surface area (Å²) in [6, 6.07) is 16.2. The number of nitrogens with zero attached hydrogens (tertiary/aromatic N) is 2. The van der Waals surface area contributed by atoms with Gasteiger partial charge in [0.25, 0.3) is 0 Å². The molecule has 1 aromatic carbocycles. The van der Waals surface area contributed by atoms with Crippen molar-refractivity contribution < 1.29 is 17.6 Å². The Morgan fingerprint density at radius 3 is 2.58 bits per heavy atom. The van der Waals surface area contributed by atoms with Crippen LogP contribution >= 0.6 is 0 Å². The number of nitrogens with one attached hydrogen (secondary N) is 1. The molecule has 1 amide bonds. The summed E-state index contributed by atoms with van der Waals surface area (Å²) in [7, 11) is -3.54. The molecule has 0 radical (unpaired) electrons. The standard InChI is InChI=1S/C18H15N3O4S/c22-18(21-20-12-14-6-4-5-11-19-14)17-10-9-15(25-17)13-26(23,24)16-7-2-1-3-8-16/h1-12H,13H2,(H,21,22)/b20-12-. The number of rotatable bonds is 6. The third-order valence-electron chi connectivity index (χ3n) is 3.37. The third-order valence-corrected chi connectivity index (χ3v) is 5.03. The first-order chi connectivity index (χ1) is 12.5. The van der Waals surface area contributed by atoms with Gasteiger partial charge in [-0.1, -0.05) is 24.3 Å². The van der Waals surface area contributed by atoms with E-state index < -0.39 is 15.7 Å². The highest BCUT2D eigenvalue weighted by molar-refractivity contribution is 7.90. The number of amides is 1. The van der Waals surface area contributed by atoms with E-state index in [-0.39, 0.29) is 22.2 Å². The minimum absolute atomic E-state index is 0.0265. The third kappa shape index (κ3) is 4.42. The van der Waals surface area contributed by atoms with E-state index in [2.05, 4.69) is 15.5 Å². The Balaban J connectivity index is 1.64. The van der Waals surface area contributed by atoms with Gasteiger partial charge in [-0.15, -0.1) is 0 Å². The maximum Gasteiger partial charge on any atom is 0.307 e. The number of carbonyl (C=O) groups excluding carboxylic acids is 1. The maximum absolute atomic E-state index is 12.3. The van der Waals surface area contributed by atoms with E-state index in [1.54, 1.807) is 42.6 Å². The molecule has 2 aromatic heterocycles. The van der Waals surface area contributed by atoms with E-state index in [1.807, 2.05) is 0 Å². The van der Waals surface area contributed by atoms with E-state index in [1.165, 1.54) is 30.5 Å². The highest BCUT2D eigenvalue weighted by atomic mass is 32.2. The van der Waals surface area contributed by atoms with Crippen LogP contribution in [-0.2, 0) is 15.6 Å². The molecule has 0 saturated heterocycles. The molecule has 0 aliphatic carbocycles. The quantitative estimate of drug-likeness (QED) is 0.531. The molecule has 0 saturated carbocycles. The number of carbonyl (C=O) groups is 1. The molecule has 3 aromatic rings. The molecule has 7 nitrogen and oxygen atoms in total. The van der Waals surface area contributed by atoms with Crippen molar-refractivity contribution in [1.82, 2.24) is 10.4 Å².